The number of piperazine rings is 1. The molecule has 2 heterocycles. The molecule has 150 valence electrons. The van der Waals surface area contributed by atoms with E-state index in [-0.39, 0.29) is 11.8 Å². The topological polar surface area (TPSA) is 45.1 Å². The van der Waals surface area contributed by atoms with Crippen LogP contribution in [0.4, 0.5) is 0 Å². The van der Waals surface area contributed by atoms with Crippen LogP contribution in [0.3, 0.4) is 0 Å². The molecule has 2 amide bonds. The van der Waals surface area contributed by atoms with Gasteiger partial charge in [-0.2, -0.15) is 0 Å². The Kier molecular flexibility index (Phi) is 7.65. The number of nitrogens with one attached hydrogen (secondary N) is 1. The van der Waals surface area contributed by atoms with Gasteiger partial charge >= 0.3 is 0 Å². The smallest absolute Gasteiger partial charge is 0.266 e. The SMILES string of the molecule is C[NH+]1CCN(C(=O)CCCCCN2C(=O)C(=Cc3ccccc3)SC2=S)CC1. The first-order valence-corrected chi connectivity index (χ1v) is 11.2. The molecule has 28 heavy (non-hydrogen) atoms. The van der Waals surface area contributed by atoms with Gasteiger partial charge in [-0.1, -0.05) is 60.7 Å². The highest BCUT2D eigenvalue weighted by Gasteiger charge is 2.31. The first kappa shape index (κ1) is 21.0. The lowest BCUT2D eigenvalue weighted by Crippen LogP contribution is -3.12. The highest BCUT2D eigenvalue weighted by Crippen LogP contribution is 2.32. The number of carbonyl (C=O) groups excluding carboxylic acids is 2. The normalized spacial score (nSPS) is 19.7. The average molecular weight is 419 g/mol. The van der Waals surface area contributed by atoms with E-state index >= 15 is 0 Å². The van der Waals surface area contributed by atoms with Crippen LogP contribution in [0, 0.1) is 0 Å². The molecule has 0 atom stereocenters. The number of hydrogen-bond donors (Lipinski definition) is 1. The van der Waals surface area contributed by atoms with Crippen LogP contribution in [-0.2, 0) is 9.59 Å². The fourth-order valence-electron chi connectivity index (χ4n) is 3.41. The minimum absolute atomic E-state index is 0.00475. The van der Waals surface area contributed by atoms with Gasteiger partial charge in [0.05, 0.1) is 38.1 Å². The molecule has 0 bridgehead atoms. The molecule has 0 spiro atoms. The summed E-state index contributed by atoms with van der Waals surface area (Å²) < 4.78 is 0.628. The summed E-state index contributed by atoms with van der Waals surface area (Å²) in [6.45, 7) is 4.44. The van der Waals surface area contributed by atoms with Crippen molar-refractivity contribution in [2.75, 3.05) is 39.8 Å². The molecule has 3 rings (SSSR count). The van der Waals surface area contributed by atoms with Gasteiger partial charge in [0.1, 0.15) is 4.32 Å². The third-order valence-corrected chi connectivity index (χ3v) is 6.59. The van der Waals surface area contributed by atoms with E-state index in [1.807, 2.05) is 41.3 Å². The highest BCUT2D eigenvalue weighted by atomic mass is 32.2. The number of carbonyl (C=O) groups is 2. The maximum Gasteiger partial charge on any atom is 0.266 e. The van der Waals surface area contributed by atoms with E-state index in [0.717, 1.165) is 51.0 Å². The second-order valence-corrected chi connectivity index (χ2v) is 9.07. The molecule has 5 nitrogen and oxygen atoms in total. The lowest BCUT2D eigenvalue weighted by atomic mass is 10.1. The predicted octanol–water partition coefficient (Wildman–Crippen LogP) is 1.81. The summed E-state index contributed by atoms with van der Waals surface area (Å²) in [7, 11) is 2.17. The van der Waals surface area contributed by atoms with Crippen molar-refractivity contribution in [1.29, 1.82) is 0 Å². The number of amides is 2. The molecular weight excluding hydrogens is 390 g/mol. The van der Waals surface area contributed by atoms with Crippen molar-refractivity contribution in [3.63, 3.8) is 0 Å². The van der Waals surface area contributed by atoms with Crippen LogP contribution in [0.5, 0.6) is 0 Å². The van der Waals surface area contributed by atoms with Crippen molar-refractivity contribution >= 4 is 46.2 Å². The minimum atomic E-state index is -0.00475. The zero-order valence-corrected chi connectivity index (χ0v) is 18.0. The van der Waals surface area contributed by atoms with Crippen molar-refractivity contribution in [3.8, 4) is 0 Å². The molecule has 1 N–H and O–H groups in total. The monoisotopic (exact) mass is 418 g/mol. The molecule has 0 aromatic heterocycles. The van der Waals surface area contributed by atoms with Crippen molar-refractivity contribution in [1.82, 2.24) is 9.80 Å². The Hall–Kier alpha value is -1.70. The first-order chi connectivity index (χ1) is 13.5. The second-order valence-electron chi connectivity index (χ2n) is 7.39. The van der Waals surface area contributed by atoms with Gasteiger partial charge in [0.25, 0.3) is 5.91 Å². The van der Waals surface area contributed by atoms with E-state index in [0.29, 0.717) is 22.2 Å². The number of unbranched alkanes of at least 4 members (excludes halogenated alkanes) is 2. The molecule has 2 saturated heterocycles. The van der Waals surface area contributed by atoms with E-state index in [4.69, 9.17) is 12.2 Å². The first-order valence-electron chi connectivity index (χ1n) is 9.94. The molecule has 2 aliphatic rings. The van der Waals surface area contributed by atoms with E-state index < -0.39 is 0 Å². The van der Waals surface area contributed by atoms with Crippen LogP contribution in [-0.4, -0.2) is 65.7 Å². The summed E-state index contributed by atoms with van der Waals surface area (Å²) in [5, 5.41) is 0. The summed E-state index contributed by atoms with van der Waals surface area (Å²) in [6.07, 6.45) is 5.17. The Labute approximate surface area is 176 Å². The van der Waals surface area contributed by atoms with Gasteiger partial charge in [-0.3, -0.25) is 14.5 Å². The van der Waals surface area contributed by atoms with Gasteiger partial charge in [0.15, 0.2) is 0 Å². The predicted molar refractivity (Wildman–Crippen MR) is 118 cm³/mol. The summed E-state index contributed by atoms with van der Waals surface area (Å²) in [5.41, 5.74) is 1.01. The third-order valence-electron chi connectivity index (χ3n) is 5.21. The number of nitrogens with zero attached hydrogens (tertiary/aromatic N) is 2. The van der Waals surface area contributed by atoms with Crippen LogP contribution in [0.15, 0.2) is 35.2 Å². The van der Waals surface area contributed by atoms with Gasteiger partial charge in [-0.05, 0) is 24.5 Å². The van der Waals surface area contributed by atoms with Gasteiger partial charge in [-0.15, -0.1) is 0 Å². The molecule has 7 heteroatoms. The number of rotatable bonds is 7. The summed E-state index contributed by atoms with van der Waals surface area (Å²) in [4.78, 5) is 30.7. The third kappa shape index (κ3) is 5.65. The molecule has 0 radical (unpaired) electrons. The molecule has 0 unspecified atom stereocenters. The number of thiocarbonyl (C=S) groups is 1. The van der Waals surface area contributed by atoms with Gasteiger partial charge in [0.2, 0.25) is 5.91 Å². The van der Waals surface area contributed by atoms with E-state index in [1.165, 1.54) is 16.7 Å². The Balaban J connectivity index is 1.39. The van der Waals surface area contributed by atoms with Gasteiger partial charge < -0.3 is 9.80 Å². The maximum atomic E-state index is 12.6. The Morgan fingerprint density at radius 2 is 1.89 bits per heavy atom. The zero-order valence-electron chi connectivity index (χ0n) is 16.4. The van der Waals surface area contributed by atoms with Crippen LogP contribution in [0.25, 0.3) is 6.08 Å². The van der Waals surface area contributed by atoms with Gasteiger partial charge in [-0.25, -0.2) is 0 Å². The number of hydrogen-bond acceptors (Lipinski definition) is 4. The molecule has 0 aliphatic carbocycles. The summed E-state index contributed by atoms with van der Waals surface area (Å²) in [5.74, 6) is 0.263. The Bertz CT molecular complexity index is 743. The molecule has 2 fully saturated rings. The second kappa shape index (κ2) is 10.2. The average Bonchev–Trinajstić information content (AvgIpc) is 2.96. The Morgan fingerprint density at radius 1 is 1.18 bits per heavy atom. The van der Waals surface area contributed by atoms with Crippen LogP contribution >= 0.6 is 24.0 Å². The minimum Gasteiger partial charge on any atom is -0.334 e. The molecular formula is C21H28N3O2S2+. The molecule has 2 aliphatic heterocycles. The number of thioether (sulfide) groups is 1. The molecule has 1 aromatic rings. The van der Waals surface area contributed by atoms with E-state index in [2.05, 4.69) is 7.05 Å². The van der Waals surface area contributed by atoms with Crippen LogP contribution in [0.2, 0.25) is 0 Å². The lowest BCUT2D eigenvalue weighted by molar-refractivity contribution is -0.883. The number of benzene rings is 1. The standard InChI is InChI=1S/C21H27N3O2S2/c1-22-12-14-23(15-13-22)19(25)10-6-3-7-11-24-20(26)18(28-21(24)27)16-17-8-4-2-5-9-17/h2,4-5,8-9,16H,3,6-7,10-15H2,1H3/p+1. The van der Waals surface area contributed by atoms with Crippen molar-refractivity contribution in [2.45, 2.75) is 25.7 Å². The van der Waals surface area contributed by atoms with Crippen molar-refractivity contribution in [2.24, 2.45) is 0 Å². The van der Waals surface area contributed by atoms with Crippen molar-refractivity contribution < 1.29 is 14.5 Å². The largest absolute Gasteiger partial charge is 0.334 e. The van der Waals surface area contributed by atoms with Crippen molar-refractivity contribution in [3.05, 3.63) is 40.8 Å². The summed E-state index contributed by atoms with van der Waals surface area (Å²) >= 11 is 6.76. The van der Waals surface area contributed by atoms with Gasteiger partial charge in [0, 0.05) is 13.0 Å². The fourth-order valence-corrected chi connectivity index (χ4v) is 4.72. The molecule has 1 aromatic carbocycles. The molecule has 0 saturated carbocycles. The number of likely N-dealkylation sites (N-methyl/N-ethyl adjacent to an activating group) is 1. The van der Waals surface area contributed by atoms with Crippen LogP contribution in [0.1, 0.15) is 31.2 Å². The van der Waals surface area contributed by atoms with Crippen LogP contribution < -0.4 is 4.90 Å². The quantitative estimate of drug-likeness (QED) is 0.417. The maximum absolute atomic E-state index is 12.6. The lowest BCUT2D eigenvalue weighted by Gasteiger charge is -2.30. The zero-order chi connectivity index (χ0) is 19.9. The number of quaternary nitrogens is 1. The van der Waals surface area contributed by atoms with E-state index in [9.17, 15) is 9.59 Å². The Morgan fingerprint density at radius 3 is 2.61 bits per heavy atom. The highest BCUT2D eigenvalue weighted by molar-refractivity contribution is 8.26. The van der Waals surface area contributed by atoms with E-state index in [1.54, 1.807) is 4.90 Å². The fraction of sp³-hybridized carbons (Fsp3) is 0.476. The summed E-state index contributed by atoms with van der Waals surface area (Å²) in [6, 6.07) is 9.82.